The summed E-state index contributed by atoms with van der Waals surface area (Å²) in [5.74, 6) is 1.91. The Hall–Kier alpha value is -8.01. The summed E-state index contributed by atoms with van der Waals surface area (Å²) in [7, 11) is 0. The quantitative estimate of drug-likeness (QED) is 0.167. The highest BCUT2D eigenvalue weighted by Gasteiger charge is 2.49. The van der Waals surface area contributed by atoms with E-state index in [1.807, 2.05) is 24.3 Å². The second-order valence-electron chi connectivity index (χ2n) is 16.3. The Balaban J connectivity index is 1.10. The van der Waals surface area contributed by atoms with E-state index in [2.05, 4.69) is 188 Å². The van der Waals surface area contributed by atoms with E-state index in [4.69, 9.17) is 15.0 Å². The van der Waals surface area contributed by atoms with Gasteiger partial charge in [0.05, 0.1) is 5.41 Å². The molecule has 1 atom stereocenters. The largest absolute Gasteiger partial charge is 0.208 e. The van der Waals surface area contributed by atoms with Gasteiger partial charge in [-0.05, 0) is 106 Å². The third-order valence-corrected chi connectivity index (χ3v) is 13.1. The van der Waals surface area contributed by atoms with Crippen molar-refractivity contribution in [3.63, 3.8) is 0 Å². The summed E-state index contributed by atoms with van der Waals surface area (Å²) in [6.45, 7) is 0. The number of aromatic nitrogens is 3. The van der Waals surface area contributed by atoms with Crippen LogP contribution in [-0.4, -0.2) is 15.0 Å². The first-order valence-corrected chi connectivity index (χ1v) is 20.9. The van der Waals surface area contributed by atoms with E-state index >= 15 is 0 Å². The molecule has 13 rings (SSSR count). The molecule has 282 valence electrons. The number of rotatable bonds is 4. The van der Waals surface area contributed by atoms with Crippen LogP contribution >= 0.6 is 0 Å². The minimum atomic E-state index is -0.635. The Bertz CT molecular complexity index is 3570. The summed E-state index contributed by atoms with van der Waals surface area (Å²) in [4.78, 5) is 15.7. The van der Waals surface area contributed by atoms with Crippen LogP contribution in [0.3, 0.4) is 0 Å². The number of benzene rings is 10. The van der Waals surface area contributed by atoms with Gasteiger partial charge in [-0.2, -0.15) is 0 Å². The Morgan fingerprint density at radius 3 is 1.67 bits per heavy atom. The van der Waals surface area contributed by atoms with E-state index in [1.165, 1.54) is 76.8 Å². The van der Waals surface area contributed by atoms with Crippen molar-refractivity contribution in [1.29, 1.82) is 0 Å². The lowest BCUT2D eigenvalue weighted by molar-refractivity contribution is 0.768. The topological polar surface area (TPSA) is 38.7 Å². The molecule has 0 amide bonds. The molecule has 61 heavy (non-hydrogen) atoms. The van der Waals surface area contributed by atoms with E-state index in [0.717, 1.165) is 27.8 Å². The van der Waals surface area contributed by atoms with Gasteiger partial charge < -0.3 is 0 Å². The van der Waals surface area contributed by atoms with E-state index in [1.54, 1.807) is 0 Å². The average molecular weight is 774 g/mol. The molecule has 0 aliphatic heterocycles. The molecular weight excluding hydrogens is 739 g/mol. The molecule has 11 aromatic rings. The fourth-order valence-corrected chi connectivity index (χ4v) is 10.4. The average Bonchev–Trinajstić information content (AvgIpc) is 3.54. The van der Waals surface area contributed by atoms with Gasteiger partial charge >= 0.3 is 0 Å². The molecule has 0 radical (unpaired) electrons. The van der Waals surface area contributed by atoms with Gasteiger partial charge in [0.2, 0.25) is 0 Å². The summed E-state index contributed by atoms with van der Waals surface area (Å²) in [6.07, 6.45) is 4.59. The van der Waals surface area contributed by atoms with Gasteiger partial charge in [-0.1, -0.05) is 194 Å². The van der Waals surface area contributed by atoms with Crippen LogP contribution in [0.25, 0.3) is 101 Å². The van der Waals surface area contributed by atoms with Crippen molar-refractivity contribution < 1.29 is 0 Å². The van der Waals surface area contributed by atoms with E-state index in [9.17, 15) is 0 Å². The molecule has 1 unspecified atom stereocenters. The monoisotopic (exact) mass is 773 g/mol. The highest BCUT2D eigenvalue weighted by molar-refractivity contribution is 6.27. The van der Waals surface area contributed by atoms with Crippen molar-refractivity contribution in [2.24, 2.45) is 0 Å². The highest BCUT2D eigenvalue weighted by atomic mass is 15.0. The Kier molecular flexibility index (Phi) is 7.22. The molecule has 1 aromatic heterocycles. The molecule has 10 aromatic carbocycles. The van der Waals surface area contributed by atoms with Crippen molar-refractivity contribution in [3.05, 3.63) is 234 Å². The summed E-state index contributed by atoms with van der Waals surface area (Å²) < 4.78 is 0. The minimum absolute atomic E-state index is 0.635. The number of hydrogen-bond donors (Lipinski definition) is 0. The zero-order valence-electron chi connectivity index (χ0n) is 33.0. The van der Waals surface area contributed by atoms with Gasteiger partial charge in [-0.25, -0.2) is 15.0 Å². The van der Waals surface area contributed by atoms with Crippen LogP contribution in [0.4, 0.5) is 0 Å². The number of hydrogen-bond acceptors (Lipinski definition) is 3. The molecule has 1 heterocycles. The van der Waals surface area contributed by atoms with Crippen molar-refractivity contribution in [3.8, 4) is 56.4 Å². The second kappa shape index (κ2) is 13.0. The van der Waals surface area contributed by atoms with Crippen molar-refractivity contribution in [2.75, 3.05) is 0 Å². The first kappa shape index (κ1) is 33.9. The van der Waals surface area contributed by atoms with E-state index in [-0.39, 0.29) is 0 Å². The molecule has 3 heteroatoms. The second-order valence-corrected chi connectivity index (χ2v) is 16.3. The van der Waals surface area contributed by atoms with Gasteiger partial charge in [0.15, 0.2) is 17.5 Å². The van der Waals surface area contributed by atoms with Crippen LogP contribution in [0.15, 0.2) is 200 Å². The van der Waals surface area contributed by atoms with Gasteiger partial charge in [-0.15, -0.1) is 0 Å². The normalized spacial score (nSPS) is 14.9. The van der Waals surface area contributed by atoms with Crippen LogP contribution in [-0.2, 0) is 5.41 Å². The molecular formula is C58H35N3. The predicted molar refractivity (Wildman–Crippen MR) is 252 cm³/mol. The highest BCUT2D eigenvalue weighted by Crippen LogP contribution is 2.61. The van der Waals surface area contributed by atoms with Crippen molar-refractivity contribution >= 4 is 44.5 Å². The maximum atomic E-state index is 5.31. The maximum Gasteiger partial charge on any atom is 0.164 e. The Morgan fingerprint density at radius 1 is 0.311 bits per heavy atom. The van der Waals surface area contributed by atoms with Crippen molar-refractivity contribution in [2.45, 2.75) is 5.41 Å². The standard InChI is InChI=1S/C58H35N3/c1-3-13-36(14-4-1)42-20-12-21-44(33-42)56-59-55(41-16-5-2-6-17-41)60-57(61-56)45-30-27-38-26-25-37-15-7-9-23-48(37)58(50(38)35-45)49-24-10-8-22-46(49)54-47-32-31-40-19-11-18-39-28-29-43(34-51(54)58)53(47)52(39)40/h1-35H. The molecule has 0 bridgehead atoms. The molecule has 2 aliphatic carbocycles. The van der Waals surface area contributed by atoms with Gasteiger partial charge in [0.1, 0.15) is 0 Å². The lowest BCUT2D eigenvalue weighted by Gasteiger charge is -2.35. The lowest BCUT2D eigenvalue weighted by atomic mass is 9.65. The summed E-state index contributed by atoms with van der Waals surface area (Å²) >= 11 is 0. The molecule has 0 fully saturated rings. The molecule has 1 spiro atoms. The summed E-state index contributed by atoms with van der Waals surface area (Å²) in [6, 6.07) is 72.5. The first-order valence-electron chi connectivity index (χ1n) is 20.9. The van der Waals surface area contributed by atoms with Crippen LogP contribution in [0.5, 0.6) is 0 Å². The SMILES string of the molecule is C1=Cc2ccc(-c3nc(-c4ccccc4)nc(-c4cccc(-c5ccccc5)c4)n3)cc2C2(c3ccccc31)c1ccccc1-c1c2cc2ccc3cccc4ccc1c2c34. The molecule has 0 N–H and O–H groups in total. The van der Waals surface area contributed by atoms with Crippen molar-refractivity contribution in [1.82, 2.24) is 15.0 Å². The molecule has 0 saturated carbocycles. The van der Waals surface area contributed by atoms with Crippen LogP contribution in [0.2, 0.25) is 0 Å². The predicted octanol–water partition coefficient (Wildman–Crippen LogP) is 14.3. The maximum absolute atomic E-state index is 5.31. The Morgan fingerprint density at radius 2 is 0.885 bits per heavy atom. The zero-order valence-corrected chi connectivity index (χ0v) is 33.0. The van der Waals surface area contributed by atoms with E-state index < -0.39 is 5.41 Å². The molecule has 2 aliphatic rings. The number of nitrogens with zero attached hydrogens (tertiary/aromatic N) is 3. The molecule has 0 saturated heterocycles. The fraction of sp³-hybridized carbons (Fsp3) is 0.0172. The van der Waals surface area contributed by atoms with Crippen LogP contribution in [0.1, 0.15) is 33.4 Å². The number of fused-ring (bicyclic) bond motifs is 10. The van der Waals surface area contributed by atoms with E-state index in [0.29, 0.717) is 17.5 Å². The van der Waals surface area contributed by atoms with Gasteiger partial charge in [0, 0.05) is 16.7 Å². The fourth-order valence-electron chi connectivity index (χ4n) is 10.4. The zero-order chi connectivity index (χ0) is 40.1. The first-order chi connectivity index (χ1) is 30.2. The van der Waals surface area contributed by atoms with Crippen LogP contribution in [0, 0.1) is 0 Å². The minimum Gasteiger partial charge on any atom is -0.208 e. The summed E-state index contributed by atoms with van der Waals surface area (Å²) in [5.41, 5.74) is 14.5. The third kappa shape index (κ3) is 4.95. The van der Waals surface area contributed by atoms with Gasteiger partial charge in [0.25, 0.3) is 0 Å². The third-order valence-electron chi connectivity index (χ3n) is 13.1. The Labute approximate surface area is 353 Å². The molecule has 3 nitrogen and oxygen atoms in total. The van der Waals surface area contributed by atoms with Gasteiger partial charge in [-0.3, -0.25) is 0 Å². The lowest BCUT2D eigenvalue weighted by Crippen LogP contribution is -2.30. The smallest absolute Gasteiger partial charge is 0.164 e. The van der Waals surface area contributed by atoms with Crippen LogP contribution < -0.4 is 0 Å². The summed E-state index contributed by atoms with van der Waals surface area (Å²) in [5, 5.41) is 7.75.